The number of hydrogen-bond acceptors (Lipinski definition) is 6. The quantitative estimate of drug-likeness (QED) is 0.579. The Bertz CT molecular complexity index is 1050. The van der Waals surface area contributed by atoms with E-state index in [9.17, 15) is 0 Å². The Hall–Kier alpha value is -2.22. The summed E-state index contributed by atoms with van der Waals surface area (Å²) in [5.41, 5.74) is 2.23. The maximum absolute atomic E-state index is 6.41. The summed E-state index contributed by atoms with van der Waals surface area (Å²) in [7, 11) is 0. The minimum atomic E-state index is 0.302. The predicted octanol–water partition coefficient (Wildman–Crippen LogP) is 3.68. The number of piperidine rings is 1. The van der Waals surface area contributed by atoms with Crippen LogP contribution in [0.1, 0.15) is 37.3 Å². The third-order valence-corrected chi connectivity index (χ3v) is 7.21. The maximum atomic E-state index is 6.41. The van der Waals surface area contributed by atoms with E-state index in [0.29, 0.717) is 23.4 Å². The molecule has 0 N–H and O–H groups in total. The van der Waals surface area contributed by atoms with Crippen molar-refractivity contribution in [1.82, 2.24) is 24.6 Å². The van der Waals surface area contributed by atoms with Crippen molar-refractivity contribution < 1.29 is 4.74 Å². The Morgan fingerprint density at radius 2 is 1.68 bits per heavy atom. The van der Waals surface area contributed by atoms with Gasteiger partial charge < -0.3 is 9.64 Å². The first kappa shape index (κ1) is 19.5. The fourth-order valence-electron chi connectivity index (χ4n) is 5.49. The van der Waals surface area contributed by atoms with Crippen molar-refractivity contribution in [2.75, 3.05) is 31.2 Å². The fourth-order valence-corrected chi connectivity index (χ4v) is 5.65. The van der Waals surface area contributed by atoms with E-state index in [1.165, 1.54) is 5.56 Å². The van der Waals surface area contributed by atoms with Crippen molar-refractivity contribution in [2.45, 2.75) is 50.4 Å². The number of anilines is 1. The lowest BCUT2D eigenvalue weighted by Gasteiger charge is -2.36. The molecular weight excluding hydrogens is 412 g/mol. The Kier molecular flexibility index (Phi) is 5.05. The number of halogens is 1. The minimum absolute atomic E-state index is 0.302. The minimum Gasteiger partial charge on any atom is -0.377 e. The van der Waals surface area contributed by atoms with E-state index < -0.39 is 0 Å². The van der Waals surface area contributed by atoms with E-state index in [1.54, 1.807) is 0 Å². The summed E-state index contributed by atoms with van der Waals surface area (Å²) >= 11 is 6.41. The molecule has 162 valence electrons. The SMILES string of the molecule is Clc1nc(N2C3CCC2COC3)c2cnn(C3CCN(Cc4ccccc4)CC3)c2n1. The van der Waals surface area contributed by atoms with E-state index in [-0.39, 0.29) is 0 Å². The Labute approximate surface area is 187 Å². The number of rotatable bonds is 4. The van der Waals surface area contributed by atoms with E-state index in [2.05, 4.69) is 54.8 Å². The van der Waals surface area contributed by atoms with Crippen LogP contribution < -0.4 is 4.90 Å². The number of fused-ring (bicyclic) bond motifs is 3. The highest BCUT2D eigenvalue weighted by Crippen LogP contribution is 2.38. The molecule has 3 aromatic rings. The first-order chi connectivity index (χ1) is 15.3. The van der Waals surface area contributed by atoms with E-state index >= 15 is 0 Å². The van der Waals surface area contributed by atoms with Gasteiger partial charge in [0, 0.05) is 19.6 Å². The van der Waals surface area contributed by atoms with Gasteiger partial charge in [0.2, 0.25) is 5.28 Å². The monoisotopic (exact) mass is 438 g/mol. The summed E-state index contributed by atoms with van der Waals surface area (Å²) in [5, 5.41) is 6.09. The number of ether oxygens (including phenoxy) is 1. The number of morpholine rings is 1. The number of benzene rings is 1. The molecular formula is C23H27ClN6O. The molecule has 3 saturated heterocycles. The van der Waals surface area contributed by atoms with Gasteiger partial charge in [-0.05, 0) is 42.8 Å². The highest BCUT2D eigenvalue weighted by molar-refractivity contribution is 6.28. The summed E-state index contributed by atoms with van der Waals surface area (Å²) in [6, 6.07) is 11.8. The van der Waals surface area contributed by atoms with Gasteiger partial charge in [-0.15, -0.1) is 0 Å². The molecule has 2 atom stereocenters. The molecule has 7 nitrogen and oxygen atoms in total. The van der Waals surface area contributed by atoms with Crippen molar-refractivity contribution in [3.8, 4) is 0 Å². The molecule has 2 bridgehead atoms. The van der Waals surface area contributed by atoms with Crippen LogP contribution in [-0.4, -0.2) is 63.0 Å². The van der Waals surface area contributed by atoms with E-state index in [1.807, 2.05) is 6.20 Å². The molecule has 1 aromatic carbocycles. The summed E-state index contributed by atoms with van der Waals surface area (Å²) in [5.74, 6) is 0.929. The standard InChI is InChI=1S/C23H27ClN6O/c24-23-26-21(29-18-6-7-19(29)15-31-14-18)20-12-25-30(22(20)27-23)17-8-10-28(11-9-17)13-16-4-2-1-3-5-16/h1-5,12,17-19H,6-11,13-15H2. The smallest absolute Gasteiger partial charge is 0.226 e. The van der Waals surface area contributed by atoms with Gasteiger partial charge in [-0.3, -0.25) is 4.90 Å². The largest absolute Gasteiger partial charge is 0.377 e. The molecule has 3 aliphatic heterocycles. The fraction of sp³-hybridized carbons (Fsp3) is 0.522. The Balaban J connectivity index is 1.24. The van der Waals surface area contributed by atoms with Gasteiger partial charge in [0.05, 0.1) is 42.9 Å². The molecule has 0 aliphatic carbocycles. The summed E-state index contributed by atoms with van der Waals surface area (Å²) < 4.78 is 7.85. The third-order valence-electron chi connectivity index (χ3n) is 7.04. The number of hydrogen-bond donors (Lipinski definition) is 0. The lowest BCUT2D eigenvalue weighted by atomic mass is 10.0. The number of likely N-dealkylation sites (tertiary alicyclic amines) is 1. The van der Waals surface area contributed by atoms with Gasteiger partial charge in [0.25, 0.3) is 0 Å². The van der Waals surface area contributed by atoms with Crippen LogP contribution in [0.15, 0.2) is 36.5 Å². The summed E-state index contributed by atoms with van der Waals surface area (Å²) in [6.07, 6.45) is 6.34. The average Bonchev–Trinajstić information content (AvgIpc) is 3.32. The average molecular weight is 439 g/mol. The van der Waals surface area contributed by atoms with Gasteiger partial charge >= 0.3 is 0 Å². The topological polar surface area (TPSA) is 59.3 Å². The van der Waals surface area contributed by atoms with Crippen LogP contribution in [0.4, 0.5) is 5.82 Å². The first-order valence-corrected chi connectivity index (χ1v) is 11.7. The molecule has 0 radical (unpaired) electrons. The second kappa shape index (κ2) is 8.04. The second-order valence-electron chi connectivity index (χ2n) is 8.97. The summed E-state index contributed by atoms with van der Waals surface area (Å²) in [6.45, 7) is 4.63. The lowest BCUT2D eigenvalue weighted by molar-refractivity contribution is 0.0904. The van der Waals surface area contributed by atoms with Crippen LogP contribution in [0.25, 0.3) is 11.0 Å². The molecule has 3 aliphatic rings. The Morgan fingerprint density at radius 1 is 0.935 bits per heavy atom. The molecule has 0 spiro atoms. The van der Waals surface area contributed by atoms with Crippen LogP contribution in [0.5, 0.6) is 0 Å². The van der Waals surface area contributed by atoms with E-state index in [0.717, 1.165) is 75.4 Å². The van der Waals surface area contributed by atoms with Gasteiger partial charge in [0.1, 0.15) is 5.82 Å². The van der Waals surface area contributed by atoms with Crippen LogP contribution in [0.3, 0.4) is 0 Å². The molecule has 2 unspecified atom stereocenters. The highest BCUT2D eigenvalue weighted by Gasteiger charge is 2.39. The van der Waals surface area contributed by atoms with Crippen LogP contribution in [0.2, 0.25) is 5.28 Å². The van der Waals surface area contributed by atoms with Crippen LogP contribution >= 0.6 is 11.6 Å². The molecule has 0 amide bonds. The Morgan fingerprint density at radius 3 is 2.42 bits per heavy atom. The van der Waals surface area contributed by atoms with Crippen molar-refractivity contribution in [1.29, 1.82) is 0 Å². The van der Waals surface area contributed by atoms with Gasteiger partial charge in [-0.25, -0.2) is 4.68 Å². The van der Waals surface area contributed by atoms with Crippen molar-refractivity contribution in [3.63, 3.8) is 0 Å². The molecule has 6 rings (SSSR count). The third kappa shape index (κ3) is 3.58. The van der Waals surface area contributed by atoms with Gasteiger partial charge in [-0.2, -0.15) is 15.1 Å². The zero-order valence-electron chi connectivity index (χ0n) is 17.5. The lowest BCUT2D eigenvalue weighted by Crippen LogP contribution is -2.46. The normalized spacial score (nSPS) is 24.9. The van der Waals surface area contributed by atoms with Crippen molar-refractivity contribution >= 4 is 28.5 Å². The van der Waals surface area contributed by atoms with Crippen LogP contribution in [0, 0.1) is 0 Å². The second-order valence-corrected chi connectivity index (χ2v) is 9.30. The zero-order chi connectivity index (χ0) is 20.8. The predicted molar refractivity (Wildman–Crippen MR) is 120 cm³/mol. The zero-order valence-corrected chi connectivity index (χ0v) is 18.3. The van der Waals surface area contributed by atoms with Crippen LogP contribution in [-0.2, 0) is 11.3 Å². The molecule has 5 heterocycles. The molecule has 3 fully saturated rings. The maximum Gasteiger partial charge on any atom is 0.226 e. The number of aromatic nitrogens is 4. The summed E-state index contributed by atoms with van der Waals surface area (Å²) in [4.78, 5) is 14.2. The van der Waals surface area contributed by atoms with Gasteiger partial charge in [0.15, 0.2) is 5.65 Å². The molecule has 0 saturated carbocycles. The molecule has 31 heavy (non-hydrogen) atoms. The molecule has 8 heteroatoms. The highest BCUT2D eigenvalue weighted by atomic mass is 35.5. The van der Waals surface area contributed by atoms with E-state index in [4.69, 9.17) is 21.4 Å². The van der Waals surface area contributed by atoms with Crippen molar-refractivity contribution in [2.24, 2.45) is 0 Å². The van der Waals surface area contributed by atoms with Gasteiger partial charge in [-0.1, -0.05) is 30.3 Å². The first-order valence-electron chi connectivity index (χ1n) is 11.3. The molecule has 2 aromatic heterocycles. The van der Waals surface area contributed by atoms with Crippen molar-refractivity contribution in [3.05, 3.63) is 47.4 Å². The number of nitrogens with zero attached hydrogens (tertiary/aromatic N) is 6.